The molecule has 1 radical (unpaired) electrons. The molecule has 4 rings (SSSR count). The maximum Gasteiger partial charge on any atom is 0.0486 e. The summed E-state index contributed by atoms with van der Waals surface area (Å²) in [6, 6.07) is 11.2. The second kappa shape index (κ2) is 7.69. The number of hydrogen-bond acceptors (Lipinski definition) is 2. The van der Waals surface area contributed by atoms with E-state index in [0.717, 1.165) is 38.2 Å². The number of likely N-dealkylation sites (N-methyl/N-ethyl adjacent to an activating group) is 1. The molecule has 0 N–H and O–H groups in total. The molecule has 0 fully saturated rings. The summed E-state index contributed by atoms with van der Waals surface area (Å²) in [6.45, 7) is 7.47. The van der Waals surface area contributed by atoms with Gasteiger partial charge < -0.3 is 9.47 Å². The van der Waals surface area contributed by atoms with Gasteiger partial charge in [0.1, 0.15) is 0 Å². The quantitative estimate of drug-likeness (QED) is 0.656. The van der Waals surface area contributed by atoms with E-state index in [2.05, 4.69) is 58.8 Å². The summed E-state index contributed by atoms with van der Waals surface area (Å²) in [5.41, 5.74) is 8.20. The monoisotopic (exact) mass is 408 g/mol. The maximum atomic E-state index is 4.43. The van der Waals surface area contributed by atoms with Crippen molar-refractivity contribution in [3.8, 4) is 0 Å². The molecular weight excluding hydrogens is 383 g/mol. The molecule has 2 aromatic heterocycles. The van der Waals surface area contributed by atoms with Crippen molar-refractivity contribution in [1.29, 1.82) is 0 Å². The predicted molar refractivity (Wildman–Crippen MR) is 99.4 cm³/mol. The van der Waals surface area contributed by atoms with Gasteiger partial charge >= 0.3 is 0 Å². The minimum absolute atomic E-state index is 0. The number of hydrogen-bond donors (Lipinski definition) is 0. The molecule has 1 aromatic carbocycles. The standard InChI is InChI=1S/C21H25N3.Y/c1-15-4-7-20-18(12-15)19-14-23(3)10-9-21(19)24(20)11-8-17-6-5-16(2)22-13-17;/h4-7,12-13H,8-11,14H2,1-3H3;. The molecule has 0 saturated heterocycles. The Morgan fingerprint density at radius 3 is 2.72 bits per heavy atom. The summed E-state index contributed by atoms with van der Waals surface area (Å²) < 4.78 is 2.55. The molecule has 3 nitrogen and oxygen atoms in total. The van der Waals surface area contributed by atoms with Crippen molar-refractivity contribution in [2.45, 2.75) is 39.8 Å². The average Bonchev–Trinajstić information content (AvgIpc) is 2.87. The molecule has 0 bridgehead atoms. The van der Waals surface area contributed by atoms with Crippen LogP contribution in [0.5, 0.6) is 0 Å². The molecular formula is C21H25N3Y. The second-order valence-corrected chi connectivity index (χ2v) is 7.14. The SMILES string of the molecule is Cc1ccc2c(c1)c1c(n2CCc2ccc(C)nc2)CCN(C)C1.[Y]. The van der Waals surface area contributed by atoms with Gasteiger partial charge in [-0.25, -0.2) is 0 Å². The molecule has 0 aliphatic carbocycles. The van der Waals surface area contributed by atoms with Gasteiger partial charge in [-0.1, -0.05) is 17.7 Å². The third-order valence-electron chi connectivity index (χ3n) is 5.20. The zero-order valence-corrected chi connectivity index (χ0v) is 18.3. The number of aryl methyl sites for hydroxylation is 4. The van der Waals surface area contributed by atoms with Crippen LogP contribution >= 0.6 is 0 Å². The third-order valence-corrected chi connectivity index (χ3v) is 5.20. The van der Waals surface area contributed by atoms with Crippen molar-refractivity contribution in [3.63, 3.8) is 0 Å². The van der Waals surface area contributed by atoms with Crippen molar-refractivity contribution in [2.75, 3.05) is 13.6 Å². The molecule has 0 saturated carbocycles. The molecule has 1 aliphatic rings. The summed E-state index contributed by atoms with van der Waals surface area (Å²) in [7, 11) is 2.22. The van der Waals surface area contributed by atoms with Crippen LogP contribution in [0.4, 0.5) is 0 Å². The van der Waals surface area contributed by atoms with E-state index in [9.17, 15) is 0 Å². The van der Waals surface area contributed by atoms with E-state index in [1.165, 1.54) is 33.3 Å². The van der Waals surface area contributed by atoms with Crippen LogP contribution in [0, 0.1) is 13.8 Å². The Hall–Kier alpha value is -1.03. The Morgan fingerprint density at radius 2 is 1.96 bits per heavy atom. The van der Waals surface area contributed by atoms with E-state index >= 15 is 0 Å². The van der Waals surface area contributed by atoms with Gasteiger partial charge in [-0.2, -0.15) is 0 Å². The second-order valence-electron chi connectivity index (χ2n) is 7.14. The first-order chi connectivity index (χ1) is 11.6. The molecule has 3 heterocycles. The van der Waals surface area contributed by atoms with Gasteiger partial charge in [-0.15, -0.1) is 0 Å². The van der Waals surface area contributed by atoms with E-state index in [4.69, 9.17) is 0 Å². The zero-order chi connectivity index (χ0) is 16.7. The summed E-state index contributed by atoms with van der Waals surface area (Å²) in [6.07, 6.45) is 4.20. The van der Waals surface area contributed by atoms with Gasteiger partial charge in [0.15, 0.2) is 0 Å². The van der Waals surface area contributed by atoms with Crippen LogP contribution in [0.2, 0.25) is 0 Å². The van der Waals surface area contributed by atoms with Gasteiger partial charge in [-0.3, -0.25) is 4.98 Å². The molecule has 0 unspecified atom stereocenters. The molecule has 0 amide bonds. The van der Waals surface area contributed by atoms with Crippen LogP contribution in [-0.4, -0.2) is 28.0 Å². The fourth-order valence-corrected chi connectivity index (χ4v) is 3.84. The first-order valence-electron chi connectivity index (χ1n) is 8.82. The molecule has 1 aliphatic heterocycles. The number of fused-ring (bicyclic) bond motifs is 3. The Bertz CT molecular complexity index is 880. The van der Waals surface area contributed by atoms with Crippen molar-refractivity contribution >= 4 is 10.9 Å². The fourth-order valence-electron chi connectivity index (χ4n) is 3.84. The van der Waals surface area contributed by atoms with E-state index in [-0.39, 0.29) is 32.7 Å². The molecule has 4 heteroatoms. The van der Waals surface area contributed by atoms with Crippen LogP contribution in [0.3, 0.4) is 0 Å². The fraction of sp³-hybridized carbons (Fsp3) is 0.381. The summed E-state index contributed by atoms with van der Waals surface area (Å²) in [5, 5.41) is 1.44. The van der Waals surface area contributed by atoms with Gasteiger partial charge in [-0.05, 0) is 56.6 Å². The summed E-state index contributed by atoms with van der Waals surface area (Å²) >= 11 is 0. The Kier molecular flexibility index (Phi) is 5.77. The average molecular weight is 408 g/mol. The van der Waals surface area contributed by atoms with Crippen LogP contribution in [0.25, 0.3) is 10.9 Å². The molecule has 0 atom stereocenters. The number of aromatic nitrogens is 2. The predicted octanol–water partition coefficient (Wildman–Crippen LogP) is 3.88. The molecule has 0 spiro atoms. The zero-order valence-electron chi connectivity index (χ0n) is 15.4. The van der Waals surface area contributed by atoms with E-state index < -0.39 is 0 Å². The van der Waals surface area contributed by atoms with Crippen LogP contribution in [-0.2, 0) is 58.6 Å². The normalized spacial score (nSPS) is 14.4. The smallest absolute Gasteiger partial charge is 0.0486 e. The minimum atomic E-state index is 0. The Balaban J connectivity index is 0.00000182. The minimum Gasteiger partial charge on any atom is -0.344 e. The molecule has 127 valence electrons. The van der Waals surface area contributed by atoms with E-state index in [0.29, 0.717) is 0 Å². The van der Waals surface area contributed by atoms with Gasteiger partial charge in [0.25, 0.3) is 0 Å². The van der Waals surface area contributed by atoms with Crippen molar-refractivity contribution in [3.05, 3.63) is 64.6 Å². The third kappa shape index (κ3) is 3.74. The molecule has 25 heavy (non-hydrogen) atoms. The molecule has 3 aromatic rings. The number of nitrogens with zero attached hydrogens (tertiary/aromatic N) is 3. The van der Waals surface area contributed by atoms with Crippen LogP contribution in [0.1, 0.15) is 28.1 Å². The van der Waals surface area contributed by atoms with E-state index in [1.807, 2.05) is 13.1 Å². The van der Waals surface area contributed by atoms with Crippen molar-refractivity contribution in [1.82, 2.24) is 14.5 Å². The number of benzene rings is 1. The first-order valence-corrected chi connectivity index (χ1v) is 8.82. The van der Waals surface area contributed by atoms with Crippen molar-refractivity contribution in [2.24, 2.45) is 0 Å². The number of pyridine rings is 1. The Labute approximate surface area is 175 Å². The summed E-state index contributed by atoms with van der Waals surface area (Å²) in [5.74, 6) is 0. The van der Waals surface area contributed by atoms with E-state index in [1.54, 1.807) is 0 Å². The largest absolute Gasteiger partial charge is 0.344 e. The van der Waals surface area contributed by atoms with Gasteiger partial charge in [0.05, 0.1) is 0 Å². The maximum absolute atomic E-state index is 4.43. The Morgan fingerprint density at radius 1 is 1.12 bits per heavy atom. The van der Waals surface area contributed by atoms with Gasteiger partial charge in [0.2, 0.25) is 0 Å². The van der Waals surface area contributed by atoms with Crippen LogP contribution < -0.4 is 0 Å². The van der Waals surface area contributed by atoms with Crippen LogP contribution in [0.15, 0.2) is 36.5 Å². The summed E-state index contributed by atoms with van der Waals surface area (Å²) in [4.78, 5) is 6.86. The number of rotatable bonds is 3. The van der Waals surface area contributed by atoms with Gasteiger partial charge in [0, 0.05) is 87.3 Å². The first kappa shape index (κ1) is 18.8. The van der Waals surface area contributed by atoms with Crippen molar-refractivity contribution < 1.29 is 32.7 Å². The topological polar surface area (TPSA) is 21.1 Å².